The molecule has 0 spiro atoms. The van der Waals surface area contributed by atoms with E-state index >= 15 is 0 Å². The van der Waals surface area contributed by atoms with Gasteiger partial charge in [-0.15, -0.1) is 0 Å². The van der Waals surface area contributed by atoms with Gasteiger partial charge >= 0.3 is 0 Å². The normalized spacial score (nSPS) is 19.2. The minimum Gasteiger partial charge on any atom is -0.486 e. The van der Waals surface area contributed by atoms with Gasteiger partial charge in [0.15, 0.2) is 11.5 Å². The number of rotatable bonds is 2. The highest BCUT2D eigenvalue weighted by Crippen LogP contribution is 2.33. The van der Waals surface area contributed by atoms with Crippen LogP contribution in [0.1, 0.15) is 18.7 Å². The van der Waals surface area contributed by atoms with Crippen LogP contribution in [0.15, 0.2) is 12.1 Å². The topological polar surface area (TPSA) is 50.4 Å². The second-order valence-electron chi connectivity index (χ2n) is 5.18. The molecule has 0 atom stereocenters. The second kappa shape index (κ2) is 4.42. The molecule has 100 valence electrons. The Labute approximate surface area is 111 Å². The maximum absolute atomic E-state index is 5.59. The molecule has 1 saturated heterocycles. The Morgan fingerprint density at radius 2 is 1.84 bits per heavy atom. The van der Waals surface area contributed by atoms with Crippen molar-refractivity contribution in [1.29, 1.82) is 0 Å². The van der Waals surface area contributed by atoms with Gasteiger partial charge in [-0.1, -0.05) is 0 Å². The average molecular weight is 259 g/mol. The lowest BCUT2D eigenvalue weighted by atomic mass is 10.2. The van der Waals surface area contributed by atoms with Crippen molar-refractivity contribution in [3.8, 4) is 11.5 Å². The quantitative estimate of drug-likeness (QED) is 0.895. The lowest BCUT2D eigenvalue weighted by molar-refractivity contribution is 0.172. The largest absolute Gasteiger partial charge is 0.486 e. The van der Waals surface area contributed by atoms with Gasteiger partial charge in [0, 0.05) is 12.1 Å². The summed E-state index contributed by atoms with van der Waals surface area (Å²) in [6.45, 7) is 4.50. The summed E-state index contributed by atoms with van der Waals surface area (Å²) in [5, 5.41) is 0. The summed E-state index contributed by atoms with van der Waals surface area (Å²) in [7, 11) is 0. The molecule has 3 heterocycles. The third-order valence-corrected chi connectivity index (χ3v) is 3.77. The van der Waals surface area contributed by atoms with Gasteiger partial charge < -0.3 is 14.5 Å². The van der Waals surface area contributed by atoms with Crippen LogP contribution < -0.4 is 9.47 Å². The van der Waals surface area contributed by atoms with Gasteiger partial charge in [0.05, 0.1) is 17.6 Å². The number of nitrogens with zero attached hydrogens (tertiary/aromatic N) is 2. The molecule has 0 amide bonds. The maximum Gasteiger partial charge on any atom is 0.163 e. The number of hydrogen-bond acceptors (Lipinski definition) is 4. The lowest BCUT2D eigenvalue weighted by Gasteiger charge is -2.17. The first kappa shape index (κ1) is 11.1. The number of benzene rings is 1. The van der Waals surface area contributed by atoms with Gasteiger partial charge in [0.2, 0.25) is 0 Å². The van der Waals surface area contributed by atoms with Crippen molar-refractivity contribution in [3.05, 3.63) is 18.0 Å². The van der Waals surface area contributed by atoms with E-state index in [2.05, 4.69) is 14.9 Å². The summed E-state index contributed by atoms with van der Waals surface area (Å²) >= 11 is 0. The van der Waals surface area contributed by atoms with E-state index in [0.717, 1.165) is 34.9 Å². The van der Waals surface area contributed by atoms with Crippen LogP contribution >= 0.6 is 0 Å². The Balaban J connectivity index is 1.66. The lowest BCUT2D eigenvalue weighted by Crippen LogP contribution is -2.19. The fourth-order valence-corrected chi connectivity index (χ4v) is 2.83. The smallest absolute Gasteiger partial charge is 0.163 e. The number of ether oxygens (including phenoxy) is 2. The summed E-state index contributed by atoms with van der Waals surface area (Å²) in [5.41, 5.74) is 1.98. The van der Waals surface area contributed by atoms with E-state index in [4.69, 9.17) is 9.47 Å². The Hall–Kier alpha value is -1.75. The molecule has 5 heteroatoms. The number of hydrogen-bond donors (Lipinski definition) is 1. The minimum atomic E-state index is 0.615. The number of aromatic nitrogens is 2. The Bertz CT molecular complexity index is 559. The van der Waals surface area contributed by atoms with Crippen molar-refractivity contribution in [3.63, 3.8) is 0 Å². The van der Waals surface area contributed by atoms with Crippen molar-refractivity contribution in [1.82, 2.24) is 14.9 Å². The fraction of sp³-hybridized carbons (Fsp3) is 0.500. The van der Waals surface area contributed by atoms with Gasteiger partial charge in [-0.2, -0.15) is 0 Å². The molecule has 1 aromatic carbocycles. The van der Waals surface area contributed by atoms with E-state index in [-0.39, 0.29) is 0 Å². The number of H-pyrrole nitrogens is 1. The SMILES string of the molecule is c1c2c(cc3[nH]c(CN4CCCC4)nc13)OCCO2. The zero-order chi connectivity index (χ0) is 12.7. The predicted molar refractivity (Wildman–Crippen MR) is 71.6 cm³/mol. The average Bonchev–Trinajstić information content (AvgIpc) is 3.05. The summed E-state index contributed by atoms with van der Waals surface area (Å²) < 4.78 is 11.2. The standard InChI is InChI=1S/C14H17N3O2/c1-2-4-17(3-1)9-14-15-10-7-12-13(8-11(10)16-14)19-6-5-18-12/h7-8H,1-6,9H2,(H,15,16). The zero-order valence-electron chi connectivity index (χ0n) is 10.8. The second-order valence-corrected chi connectivity index (χ2v) is 5.18. The van der Waals surface area contributed by atoms with E-state index < -0.39 is 0 Å². The molecule has 2 aliphatic heterocycles. The third-order valence-electron chi connectivity index (χ3n) is 3.77. The molecule has 0 unspecified atom stereocenters. The predicted octanol–water partition coefficient (Wildman–Crippen LogP) is 1.93. The summed E-state index contributed by atoms with van der Waals surface area (Å²) in [6, 6.07) is 3.96. The molecule has 1 N–H and O–H groups in total. The van der Waals surface area contributed by atoms with Gasteiger partial charge in [0.25, 0.3) is 0 Å². The highest BCUT2D eigenvalue weighted by atomic mass is 16.6. The molecular formula is C14H17N3O2. The number of aromatic amines is 1. The molecule has 5 nitrogen and oxygen atoms in total. The van der Waals surface area contributed by atoms with E-state index in [1.165, 1.54) is 25.9 Å². The van der Waals surface area contributed by atoms with Crippen LogP contribution in [0.25, 0.3) is 11.0 Å². The molecule has 0 radical (unpaired) electrons. The fourth-order valence-electron chi connectivity index (χ4n) is 2.83. The van der Waals surface area contributed by atoms with Gasteiger partial charge in [0.1, 0.15) is 19.0 Å². The number of imidazole rings is 1. The highest BCUT2D eigenvalue weighted by Gasteiger charge is 2.17. The van der Waals surface area contributed by atoms with E-state index in [9.17, 15) is 0 Å². The van der Waals surface area contributed by atoms with E-state index in [1.807, 2.05) is 12.1 Å². The van der Waals surface area contributed by atoms with Crippen LogP contribution in [0.4, 0.5) is 0 Å². The van der Waals surface area contributed by atoms with Crippen LogP contribution in [0, 0.1) is 0 Å². The van der Waals surface area contributed by atoms with Crippen LogP contribution in [0.3, 0.4) is 0 Å². The highest BCUT2D eigenvalue weighted by molar-refractivity contribution is 5.79. The number of nitrogens with one attached hydrogen (secondary N) is 1. The van der Waals surface area contributed by atoms with E-state index in [1.54, 1.807) is 0 Å². The molecule has 2 aliphatic rings. The van der Waals surface area contributed by atoms with Crippen molar-refractivity contribution in [2.75, 3.05) is 26.3 Å². The van der Waals surface area contributed by atoms with Crippen molar-refractivity contribution in [2.24, 2.45) is 0 Å². The Morgan fingerprint density at radius 3 is 2.63 bits per heavy atom. The monoisotopic (exact) mass is 259 g/mol. The van der Waals surface area contributed by atoms with Crippen molar-refractivity contribution in [2.45, 2.75) is 19.4 Å². The molecule has 1 fully saturated rings. The van der Waals surface area contributed by atoms with Gasteiger partial charge in [-0.3, -0.25) is 4.90 Å². The molecule has 2 aromatic rings. The molecule has 0 saturated carbocycles. The Morgan fingerprint density at radius 1 is 1.11 bits per heavy atom. The van der Waals surface area contributed by atoms with Gasteiger partial charge in [-0.05, 0) is 25.9 Å². The maximum atomic E-state index is 5.59. The van der Waals surface area contributed by atoms with Crippen LogP contribution in [-0.4, -0.2) is 41.2 Å². The van der Waals surface area contributed by atoms with Crippen LogP contribution in [0.2, 0.25) is 0 Å². The number of fused-ring (bicyclic) bond motifs is 2. The number of likely N-dealkylation sites (tertiary alicyclic amines) is 1. The van der Waals surface area contributed by atoms with Crippen LogP contribution in [-0.2, 0) is 6.54 Å². The van der Waals surface area contributed by atoms with E-state index in [0.29, 0.717) is 13.2 Å². The summed E-state index contributed by atoms with van der Waals surface area (Å²) in [6.07, 6.45) is 2.60. The molecule has 19 heavy (non-hydrogen) atoms. The Kier molecular flexibility index (Phi) is 2.58. The molecular weight excluding hydrogens is 242 g/mol. The van der Waals surface area contributed by atoms with Crippen molar-refractivity contribution < 1.29 is 9.47 Å². The first-order valence-corrected chi connectivity index (χ1v) is 6.89. The molecule has 0 aliphatic carbocycles. The molecule has 0 bridgehead atoms. The third kappa shape index (κ3) is 2.04. The zero-order valence-corrected chi connectivity index (χ0v) is 10.8. The summed E-state index contributed by atoms with van der Waals surface area (Å²) in [4.78, 5) is 10.5. The minimum absolute atomic E-state index is 0.615. The summed E-state index contributed by atoms with van der Waals surface area (Å²) in [5.74, 6) is 2.65. The first-order chi connectivity index (χ1) is 9.38. The molecule has 1 aromatic heterocycles. The molecule has 4 rings (SSSR count). The van der Waals surface area contributed by atoms with Crippen LogP contribution in [0.5, 0.6) is 11.5 Å². The van der Waals surface area contributed by atoms with Gasteiger partial charge in [-0.25, -0.2) is 4.98 Å². The first-order valence-electron chi connectivity index (χ1n) is 6.89. The van der Waals surface area contributed by atoms with Crippen molar-refractivity contribution >= 4 is 11.0 Å².